The van der Waals surface area contributed by atoms with Crippen LogP contribution in [0.15, 0.2) is 36.4 Å². The number of methoxy groups -OCH3 is 1. The minimum absolute atomic E-state index is 0.124. The van der Waals surface area contributed by atoms with Gasteiger partial charge in [-0.25, -0.2) is 4.98 Å². The van der Waals surface area contributed by atoms with Gasteiger partial charge in [-0.2, -0.15) is 0 Å². The number of halogens is 1. The molecule has 2 aromatic carbocycles. The lowest BCUT2D eigenvalue weighted by atomic mass is 10.2. The molecule has 4 nitrogen and oxygen atoms in total. The molecule has 0 fully saturated rings. The van der Waals surface area contributed by atoms with Gasteiger partial charge in [0, 0.05) is 13.1 Å². The zero-order valence-corrected chi connectivity index (χ0v) is 11.8. The van der Waals surface area contributed by atoms with Gasteiger partial charge in [0.25, 0.3) is 0 Å². The average Bonchev–Trinajstić information content (AvgIpc) is 2.77. The van der Waals surface area contributed by atoms with E-state index < -0.39 is 0 Å². The number of ether oxygens (including phenoxy) is 1. The number of phenols is 1. The first-order chi connectivity index (χ1) is 9.61. The van der Waals surface area contributed by atoms with Gasteiger partial charge in [0.1, 0.15) is 17.3 Å². The first-order valence-electron chi connectivity index (χ1n) is 6.10. The van der Waals surface area contributed by atoms with Gasteiger partial charge in [0.15, 0.2) is 0 Å². The average molecular weight is 289 g/mol. The van der Waals surface area contributed by atoms with Crippen LogP contribution in [0.2, 0.25) is 5.02 Å². The molecule has 0 radical (unpaired) electrons. The molecule has 1 aromatic heterocycles. The predicted octanol–water partition coefficient (Wildman–Crippen LogP) is 3.61. The Balaban J connectivity index is 2.25. The maximum absolute atomic E-state index is 10.1. The summed E-state index contributed by atoms with van der Waals surface area (Å²) >= 11 is 6.21. The number of fused-ring (bicyclic) bond motifs is 1. The maximum atomic E-state index is 10.1. The number of imidazole rings is 1. The van der Waals surface area contributed by atoms with Crippen LogP contribution in [0, 0.1) is 0 Å². The molecule has 0 saturated carbocycles. The summed E-state index contributed by atoms with van der Waals surface area (Å²) in [5.41, 5.74) is 2.28. The summed E-state index contributed by atoms with van der Waals surface area (Å²) in [7, 11) is 3.43. The van der Waals surface area contributed by atoms with E-state index in [1.807, 2.05) is 29.8 Å². The standard InChI is InChI=1S/C15H13ClN2O2/c1-18-14-11(16)4-3-5-12(14)17-15(18)10-7-6-9(20-2)8-13(10)19/h3-8,19H,1-2H3. The summed E-state index contributed by atoms with van der Waals surface area (Å²) < 4.78 is 6.96. The first kappa shape index (κ1) is 12.8. The molecule has 3 aromatic rings. The van der Waals surface area contributed by atoms with Crippen LogP contribution < -0.4 is 4.74 Å². The second-order valence-electron chi connectivity index (χ2n) is 4.49. The van der Waals surface area contributed by atoms with Gasteiger partial charge in [-0.1, -0.05) is 17.7 Å². The molecule has 0 aliphatic heterocycles. The zero-order valence-electron chi connectivity index (χ0n) is 11.1. The molecule has 20 heavy (non-hydrogen) atoms. The highest BCUT2D eigenvalue weighted by atomic mass is 35.5. The monoisotopic (exact) mass is 288 g/mol. The van der Waals surface area contributed by atoms with Crippen LogP contribution in [0.4, 0.5) is 0 Å². The van der Waals surface area contributed by atoms with Gasteiger partial charge in [0.05, 0.1) is 28.7 Å². The minimum atomic E-state index is 0.124. The third-order valence-corrected chi connectivity index (χ3v) is 3.60. The Labute approximate surface area is 121 Å². The lowest BCUT2D eigenvalue weighted by molar-refractivity contribution is 0.408. The Kier molecular flexibility index (Phi) is 3.03. The number of rotatable bonds is 2. The van der Waals surface area contributed by atoms with E-state index in [1.54, 1.807) is 25.3 Å². The van der Waals surface area contributed by atoms with Crippen molar-refractivity contribution in [3.8, 4) is 22.9 Å². The Bertz CT molecular complexity index is 796. The van der Waals surface area contributed by atoms with Crippen molar-refractivity contribution < 1.29 is 9.84 Å². The Morgan fingerprint density at radius 3 is 2.70 bits per heavy atom. The van der Waals surface area contributed by atoms with Crippen molar-refractivity contribution >= 4 is 22.6 Å². The van der Waals surface area contributed by atoms with Gasteiger partial charge < -0.3 is 14.4 Å². The van der Waals surface area contributed by atoms with Crippen molar-refractivity contribution in [2.75, 3.05) is 7.11 Å². The second-order valence-corrected chi connectivity index (χ2v) is 4.89. The van der Waals surface area contributed by atoms with Gasteiger partial charge in [-0.15, -0.1) is 0 Å². The number of benzene rings is 2. The summed E-state index contributed by atoms with van der Waals surface area (Å²) in [6, 6.07) is 10.7. The van der Waals surface area contributed by atoms with Crippen molar-refractivity contribution in [1.82, 2.24) is 9.55 Å². The van der Waals surface area contributed by atoms with E-state index in [0.717, 1.165) is 11.0 Å². The van der Waals surface area contributed by atoms with Crippen LogP contribution in [0.1, 0.15) is 0 Å². The number of para-hydroxylation sites is 1. The van der Waals surface area contributed by atoms with Crippen molar-refractivity contribution in [3.63, 3.8) is 0 Å². The van der Waals surface area contributed by atoms with E-state index in [-0.39, 0.29) is 5.75 Å². The molecule has 1 heterocycles. The number of aromatic hydroxyl groups is 1. The van der Waals surface area contributed by atoms with Gasteiger partial charge >= 0.3 is 0 Å². The first-order valence-corrected chi connectivity index (χ1v) is 6.48. The number of aromatic nitrogens is 2. The van der Waals surface area contributed by atoms with E-state index in [9.17, 15) is 5.11 Å². The lowest BCUT2D eigenvalue weighted by Crippen LogP contribution is -1.93. The van der Waals surface area contributed by atoms with Crippen molar-refractivity contribution in [3.05, 3.63) is 41.4 Å². The molecule has 0 bridgehead atoms. The third-order valence-electron chi connectivity index (χ3n) is 3.29. The number of aryl methyl sites for hydroxylation is 1. The van der Waals surface area contributed by atoms with Crippen molar-refractivity contribution in [1.29, 1.82) is 0 Å². The van der Waals surface area contributed by atoms with Gasteiger partial charge in [-0.3, -0.25) is 0 Å². The molecule has 0 unspecified atom stereocenters. The van der Waals surface area contributed by atoms with E-state index in [2.05, 4.69) is 4.98 Å². The number of phenolic OH excluding ortho intramolecular Hbond substituents is 1. The highest BCUT2D eigenvalue weighted by Gasteiger charge is 2.15. The van der Waals surface area contributed by atoms with Crippen LogP contribution in [0.5, 0.6) is 11.5 Å². The zero-order chi connectivity index (χ0) is 14.3. The van der Waals surface area contributed by atoms with Crippen molar-refractivity contribution in [2.45, 2.75) is 0 Å². The molecule has 0 amide bonds. The second kappa shape index (κ2) is 4.72. The van der Waals surface area contributed by atoms with Crippen LogP contribution in [0.25, 0.3) is 22.4 Å². The van der Waals surface area contributed by atoms with Crippen LogP contribution >= 0.6 is 11.6 Å². The lowest BCUT2D eigenvalue weighted by Gasteiger charge is -2.07. The maximum Gasteiger partial charge on any atom is 0.144 e. The molecule has 0 spiro atoms. The molecule has 0 aliphatic carbocycles. The fourth-order valence-electron chi connectivity index (χ4n) is 2.29. The number of nitrogens with zero attached hydrogens (tertiary/aromatic N) is 2. The molecule has 0 atom stereocenters. The van der Waals surface area contributed by atoms with Crippen LogP contribution in [-0.4, -0.2) is 21.8 Å². The summed E-state index contributed by atoms with van der Waals surface area (Å²) in [4.78, 5) is 4.54. The normalized spacial score (nSPS) is 10.9. The quantitative estimate of drug-likeness (QED) is 0.783. The fourth-order valence-corrected chi connectivity index (χ4v) is 2.59. The molecule has 0 aliphatic rings. The molecular weight excluding hydrogens is 276 g/mol. The number of hydrogen-bond acceptors (Lipinski definition) is 3. The van der Waals surface area contributed by atoms with Gasteiger partial charge in [0.2, 0.25) is 0 Å². The summed E-state index contributed by atoms with van der Waals surface area (Å²) in [5, 5.41) is 10.8. The number of hydrogen-bond donors (Lipinski definition) is 1. The van der Waals surface area contributed by atoms with E-state index in [1.165, 1.54) is 0 Å². The fraction of sp³-hybridized carbons (Fsp3) is 0.133. The summed E-state index contributed by atoms with van der Waals surface area (Å²) in [5.74, 6) is 1.38. The van der Waals surface area contributed by atoms with Gasteiger partial charge in [-0.05, 0) is 24.3 Å². The Morgan fingerprint density at radius 1 is 1.25 bits per heavy atom. The molecule has 0 saturated heterocycles. The molecule has 3 rings (SSSR count). The highest BCUT2D eigenvalue weighted by molar-refractivity contribution is 6.35. The Hall–Kier alpha value is -2.20. The van der Waals surface area contributed by atoms with Crippen LogP contribution in [0.3, 0.4) is 0 Å². The van der Waals surface area contributed by atoms with Crippen molar-refractivity contribution in [2.24, 2.45) is 7.05 Å². The van der Waals surface area contributed by atoms with Crippen LogP contribution in [-0.2, 0) is 7.05 Å². The molecule has 5 heteroatoms. The summed E-state index contributed by atoms with van der Waals surface area (Å²) in [6.07, 6.45) is 0. The smallest absolute Gasteiger partial charge is 0.144 e. The SMILES string of the molecule is COc1ccc(-c2nc3cccc(Cl)c3n2C)c(O)c1. The molecule has 1 N–H and O–H groups in total. The minimum Gasteiger partial charge on any atom is -0.507 e. The molecular formula is C15H13ClN2O2. The van der Waals surface area contributed by atoms with E-state index >= 15 is 0 Å². The highest BCUT2D eigenvalue weighted by Crippen LogP contribution is 2.34. The van der Waals surface area contributed by atoms with E-state index in [4.69, 9.17) is 16.3 Å². The summed E-state index contributed by atoms with van der Waals surface area (Å²) in [6.45, 7) is 0. The molecule has 102 valence electrons. The predicted molar refractivity (Wildman–Crippen MR) is 79.4 cm³/mol. The topological polar surface area (TPSA) is 47.3 Å². The third kappa shape index (κ3) is 1.89. The van der Waals surface area contributed by atoms with E-state index in [0.29, 0.717) is 22.2 Å². The Morgan fingerprint density at radius 2 is 2.05 bits per heavy atom. The largest absolute Gasteiger partial charge is 0.507 e.